The van der Waals surface area contributed by atoms with Crippen molar-refractivity contribution in [3.8, 4) is 10.7 Å². The summed E-state index contributed by atoms with van der Waals surface area (Å²) in [6.07, 6.45) is 0.609. The fraction of sp³-hybridized carbons (Fsp3) is 0.286. The van der Waals surface area contributed by atoms with E-state index in [0.717, 1.165) is 4.88 Å². The third-order valence-corrected chi connectivity index (χ3v) is 5.79. The Bertz CT molecular complexity index is 1040. The number of carbonyl (C=O) groups is 3. The number of aromatic nitrogens is 2. The van der Waals surface area contributed by atoms with Crippen LogP contribution >= 0.6 is 11.3 Å². The normalized spacial score (nSPS) is 13.0. The molecule has 1 aliphatic heterocycles. The number of thiophene rings is 1. The molecule has 1 aliphatic rings. The van der Waals surface area contributed by atoms with Gasteiger partial charge in [0.1, 0.15) is 0 Å². The second-order valence-electron chi connectivity index (χ2n) is 6.81. The van der Waals surface area contributed by atoms with Crippen LogP contribution in [0.15, 0.2) is 46.3 Å². The summed E-state index contributed by atoms with van der Waals surface area (Å²) in [5, 5.41) is 5.89. The van der Waals surface area contributed by atoms with E-state index in [1.807, 2.05) is 24.4 Å². The van der Waals surface area contributed by atoms with Gasteiger partial charge in [-0.25, -0.2) is 0 Å². The van der Waals surface area contributed by atoms with Crippen LogP contribution in [0.2, 0.25) is 0 Å². The third kappa shape index (κ3) is 3.88. The topological polar surface area (TPSA) is 96.6 Å². The maximum atomic E-state index is 12.6. The highest BCUT2D eigenvalue weighted by molar-refractivity contribution is 7.13. The minimum atomic E-state index is -0.303. The van der Waals surface area contributed by atoms with Crippen molar-refractivity contribution < 1.29 is 18.9 Å². The number of amides is 3. The summed E-state index contributed by atoms with van der Waals surface area (Å²) in [4.78, 5) is 45.5. The van der Waals surface area contributed by atoms with E-state index in [1.165, 1.54) is 16.2 Å². The Morgan fingerprint density at radius 1 is 1.13 bits per heavy atom. The van der Waals surface area contributed by atoms with Crippen LogP contribution in [0.25, 0.3) is 10.7 Å². The first-order chi connectivity index (χ1) is 14.6. The number of hydrogen-bond acceptors (Lipinski definition) is 7. The predicted molar refractivity (Wildman–Crippen MR) is 110 cm³/mol. The monoisotopic (exact) mass is 424 g/mol. The van der Waals surface area contributed by atoms with Crippen molar-refractivity contribution in [2.24, 2.45) is 0 Å². The van der Waals surface area contributed by atoms with Crippen molar-refractivity contribution in [1.82, 2.24) is 19.9 Å². The van der Waals surface area contributed by atoms with Crippen molar-refractivity contribution in [3.05, 3.63) is 58.8 Å². The molecule has 8 nitrogen and oxygen atoms in total. The molecule has 0 atom stereocenters. The van der Waals surface area contributed by atoms with Crippen LogP contribution in [-0.4, -0.2) is 50.8 Å². The van der Waals surface area contributed by atoms with E-state index in [9.17, 15) is 14.4 Å². The highest BCUT2D eigenvalue weighted by Crippen LogP contribution is 2.23. The van der Waals surface area contributed by atoms with Gasteiger partial charge >= 0.3 is 0 Å². The molecule has 4 rings (SSSR count). The molecule has 3 aromatic rings. The Hall–Kier alpha value is -3.33. The first-order valence-electron chi connectivity index (χ1n) is 9.68. The van der Waals surface area contributed by atoms with E-state index in [0.29, 0.717) is 35.8 Å². The van der Waals surface area contributed by atoms with Crippen molar-refractivity contribution in [2.75, 3.05) is 13.1 Å². The fourth-order valence-electron chi connectivity index (χ4n) is 3.35. The van der Waals surface area contributed by atoms with Gasteiger partial charge < -0.3 is 9.42 Å². The SMILES string of the molecule is CCN(Cc1nc(-c2cccs2)no1)C(=O)CCCN1C(=O)c2ccccc2C1=O. The number of fused-ring (bicyclic) bond motifs is 1. The first-order valence-corrected chi connectivity index (χ1v) is 10.6. The van der Waals surface area contributed by atoms with Gasteiger partial charge in [0.2, 0.25) is 17.6 Å². The molecule has 9 heteroatoms. The third-order valence-electron chi connectivity index (χ3n) is 4.92. The molecule has 0 saturated carbocycles. The van der Waals surface area contributed by atoms with Crippen LogP contribution in [0.4, 0.5) is 0 Å². The molecule has 3 heterocycles. The van der Waals surface area contributed by atoms with Crippen LogP contribution in [0, 0.1) is 0 Å². The molecule has 0 N–H and O–H groups in total. The summed E-state index contributed by atoms with van der Waals surface area (Å²) >= 11 is 1.51. The summed E-state index contributed by atoms with van der Waals surface area (Å²) in [5.74, 6) is 0.179. The Kier molecular flexibility index (Phi) is 5.71. The van der Waals surface area contributed by atoms with E-state index >= 15 is 0 Å². The number of nitrogens with zero attached hydrogens (tertiary/aromatic N) is 4. The Balaban J connectivity index is 1.31. The number of carbonyl (C=O) groups excluding carboxylic acids is 3. The lowest BCUT2D eigenvalue weighted by Gasteiger charge is -2.19. The van der Waals surface area contributed by atoms with Crippen LogP contribution in [0.5, 0.6) is 0 Å². The smallest absolute Gasteiger partial charge is 0.261 e. The summed E-state index contributed by atoms with van der Waals surface area (Å²) in [7, 11) is 0. The van der Waals surface area contributed by atoms with E-state index in [4.69, 9.17) is 4.52 Å². The lowest BCUT2D eigenvalue weighted by molar-refractivity contribution is -0.132. The summed E-state index contributed by atoms with van der Waals surface area (Å²) in [6.45, 7) is 2.79. The predicted octanol–water partition coefficient (Wildman–Crippen LogP) is 3.22. The van der Waals surface area contributed by atoms with Gasteiger partial charge in [-0.1, -0.05) is 23.4 Å². The number of hydrogen-bond donors (Lipinski definition) is 0. The van der Waals surface area contributed by atoms with Gasteiger partial charge in [0.15, 0.2) is 0 Å². The molecule has 0 saturated heterocycles. The standard InChI is InChI=1S/C21H20N4O4S/c1-2-24(13-17-22-19(23-29-17)16-9-6-12-30-16)18(26)10-5-11-25-20(27)14-7-3-4-8-15(14)21(25)28/h3-4,6-9,12H,2,5,10-11,13H2,1H3. The number of benzene rings is 1. The van der Waals surface area contributed by atoms with Crippen LogP contribution < -0.4 is 0 Å². The van der Waals surface area contributed by atoms with Gasteiger partial charge in [-0.3, -0.25) is 19.3 Å². The van der Waals surface area contributed by atoms with Gasteiger partial charge in [0.25, 0.3) is 11.8 Å². The van der Waals surface area contributed by atoms with Crippen LogP contribution in [0.3, 0.4) is 0 Å². The number of rotatable bonds is 8. The van der Waals surface area contributed by atoms with E-state index in [1.54, 1.807) is 29.2 Å². The van der Waals surface area contributed by atoms with Crippen molar-refractivity contribution in [2.45, 2.75) is 26.3 Å². The molecule has 30 heavy (non-hydrogen) atoms. The Labute approximate surface area is 177 Å². The van der Waals surface area contributed by atoms with Gasteiger partial charge in [-0.2, -0.15) is 4.98 Å². The van der Waals surface area contributed by atoms with E-state index in [2.05, 4.69) is 10.1 Å². The Morgan fingerprint density at radius 3 is 2.50 bits per heavy atom. The number of imide groups is 1. The van der Waals surface area contributed by atoms with E-state index < -0.39 is 0 Å². The summed E-state index contributed by atoms with van der Waals surface area (Å²) in [5.41, 5.74) is 0.837. The van der Waals surface area contributed by atoms with Gasteiger partial charge in [-0.05, 0) is 36.9 Å². The molecule has 0 fully saturated rings. The van der Waals surface area contributed by atoms with Crippen molar-refractivity contribution >= 4 is 29.1 Å². The largest absolute Gasteiger partial charge is 0.337 e. The molecular formula is C21H20N4O4S. The zero-order chi connectivity index (χ0) is 21.1. The Morgan fingerprint density at radius 2 is 1.87 bits per heavy atom. The molecule has 2 aromatic heterocycles. The minimum absolute atomic E-state index is 0.0926. The quantitative estimate of drug-likeness (QED) is 0.515. The molecule has 1 aromatic carbocycles. The van der Waals surface area contributed by atoms with Crippen LogP contribution in [0.1, 0.15) is 46.4 Å². The highest BCUT2D eigenvalue weighted by atomic mass is 32.1. The van der Waals surface area contributed by atoms with Crippen molar-refractivity contribution in [1.29, 1.82) is 0 Å². The molecule has 3 amide bonds. The molecular weight excluding hydrogens is 404 g/mol. The molecule has 154 valence electrons. The maximum absolute atomic E-state index is 12.6. The van der Waals surface area contributed by atoms with Gasteiger partial charge in [0, 0.05) is 19.5 Å². The maximum Gasteiger partial charge on any atom is 0.261 e. The van der Waals surface area contributed by atoms with Gasteiger partial charge in [0.05, 0.1) is 22.5 Å². The lowest BCUT2D eigenvalue weighted by atomic mass is 10.1. The fourth-order valence-corrected chi connectivity index (χ4v) is 4.00. The lowest BCUT2D eigenvalue weighted by Crippen LogP contribution is -2.33. The summed E-state index contributed by atoms with van der Waals surface area (Å²) in [6, 6.07) is 10.6. The van der Waals surface area contributed by atoms with Crippen LogP contribution in [-0.2, 0) is 11.3 Å². The second-order valence-corrected chi connectivity index (χ2v) is 7.76. The average Bonchev–Trinajstić information content (AvgIpc) is 3.49. The average molecular weight is 424 g/mol. The molecule has 0 unspecified atom stereocenters. The van der Waals surface area contributed by atoms with E-state index in [-0.39, 0.29) is 37.2 Å². The molecule has 0 spiro atoms. The minimum Gasteiger partial charge on any atom is -0.337 e. The zero-order valence-electron chi connectivity index (χ0n) is 16.4. The van der Waals surface area contributed by atoms with Crippen molar-refractivity contribution in [3.63, 3.8) is 0 Å². The zero-order valence-corrected chi connectivity index (χ0v) is 17.2. The molecule has 0 aliphatic carbocycles. The highest BCUT2D eigenvalue weighted by Gasteiger charge is 2.34. The molecule has 0 radical (unpaired) electrons. The summed E-state index contributed by atoms with van der Waals surface area (Å²) < 4.78 is 5.27. The first kappa shape index (κ1) is 20.0. The second kappa shape index (κ2) is 8.58. The van der Waals surface area contributed by atoms with Gasteiger partial charge in [-0.15, -0.1) is 11.3 Å². The molecule has 0 bridgehead atoms.